The molecule has 1 fully saturated rings. The first-order valence-electron chi connectivity index (χ1n) is 8.48. The molecule has 2 aromatic carbocycles. The first-order valence-corrected chi connectivity index (χ1v) is 8.48. The number of methoxy groups -OCH3 is 2. The van der Waals surface area contributed by atoms with Crippen LogP contribution in [0.5, 0.6) is 11.5 Å². The highest BCUT2D eigenvalue weighted by Gasteiger charge is 2.23. The lowest BCUT2D eigenvalue weighted by molar-refractivity contribution is -0.117. The molecule has 136 valence electrons. The van der Waals surface area contributed by atoms with Crippen molar-refractivity contribution in [1.29, 1.82) is 0 Å². The van der Waals surface area contributed by atoms with Crippen LogP contribution in [-0.4, -0.2) is 32.6 Å². The Balaban J connectivity index is 1.88. The van der Waals surface area contributed by atoms with Crippen molar-refractivity contribution in [3.63, 3.8) is 0 Å². The van der Waals surface area contributed by atoms with Crippen molar-refractivity contribution in [2.45, 2.75) is 19.8 Å². The van der Waals surface area contributed by atoms with E-state index >= 15 is 0 Å². The summed E-state index contributed by atoms with van der Waals surface area (Å²) in [5.41, 5.74) is 2.84. The molecule has 0 unspecified atom stereocenters. The molecule has 0 saturated carbocycles. The number of nitrogens with zero attached hydrogens (tertiary/aromatic N) is 1. The van der Waals surface area contributed by atoms with Gasteiger partial charge in [-0.05, 0) is 43.2 Å². The minimum absolute atomic E-state index is 0.117. The smallest absolute Gasteiger partial charge is 0.259 e. The maximum atomic E-state index is 12.7. The number of aryl methyl sites for hydroxylation is 1. The molecule has 1 heterocycles. The summed E-state index contributed by atoms with van der Waals surface area (Å²) in [5.74, 6) is 0.691. The van der Waals surface area contributed by atoms with Gasteiger partial charge in [-0.3, -0.25) is 9.59 Å². The quantitative estimate of drug-likeness (QED) is 0.894. The second-order valence-corrected chi connectivity index (χ2v) is 6.15. The van der Waals surface area contributed by atoms with E-state index in [0.717, 1.165) is 17.7 Å². The van der Waals surface area contributed by atoms with Gasteiger partial charge < -0.3 is 19.7 Å². The molecule has 3 rings (SSSR count). The van der Waals surface area contributed by atoms with E-state index in [0.29, 0.717) is 35.7 Å². The van der Waals surface area contributed by atoms with Gasteiger partial charge in [-0.25, -0.2) is 0 Å². The summed E-state index contributed by atoms with van der Waals surface area (Å²) < 4.78 is 10.6. The fraction of sp³-hybridized carbons (Fsp3) is 0.300. The van der Waals surface area contributed by atoms with Gasteiger partial charge in [0.1, 0.15) is 0 Å². The monoisotopic (exact) mass is 354 g/mol. The molecular formula is C20H22N2O4. The van der Waals surface area contributed by atoms with Gasteiger partial charge in [-0.2, -0.15) is 0 Å². The molecular weight excluding hydrogens is 332 g/mol. The first kappa shape index (κ1) is 17.8. The first-order chi connectivity index (χ1) is 12.5. The number of carbonyl (C=O) groups excluding carboxylic acids is 2. The number of carbonyl (C=O) groups is 2. The van der Waals surface area contributed by atoms with Gasteiger partial charge in [-0.15, -0.1) is 0 Å². The molecule has 1 aliphatic rings. The average Bonchev–Trinajstić information content (AvgIpc) is 3.08. The SMILES string of the molecule is COc1cccc(C(=O)Nc2ccc(C)c(N3CCCC3=O)c2)c1OC. The topological polar surface area (TPSA) is 67.9 Å². The predicted molar refractivity (Wildman–Crippen MR) is 100 cm³/mol. The summed E-state index contributed by atoms with van der Waals surface area (Å²) in [6.45, 7) is 2.67. The normalized spacial score (nSPS) is 13.7. The molecule has 2 amide bonds. The molecule has 6 heteroatoms. The number of rotatable bonds is 5. The standard InChI is InChI=1S/C20H22N2O4/c1-13-9-10-14(12-16(13)22-11-5-8-18(22)23)21-20(24)15-6-4-7-17(25-2)19(15)26-3/h4,6-7,9-10,12H,5,8,11H2,1-3H3,(H,21,24). The molecule has 0 aliphatic carbocycles. The molecule has 0 spiro atoms. The highest BCUT2D eigenvalue weighted by atomic mass is 16.5. The summed E-state index contributed by atoms with van der Waals surface area (Å²) >= 11 is 0. The maximum absolute atomic E-state index is 12.7. The maximum Gasteiger partial charge on any atom is 0.259 e. The lowest BCUT2D eigenvalue weighted by atomic mass is 10.1. The van der Waals surface area contributed by atoms with Gasteiger partial charge in [-0.1, -0.05) is 12.1 Å². The van der Waals surface area contributed by atoms with Crippen LogP contribution in [0.4, 0.5) is 11.4 Å². The van der Waals surface area contributed by atoms with E-state index in [1.165, 1.54) is 14.2 Å². The highest BCUT2D eigenvalue weighted by molar-refractivity contribution is 6.07. The Labute approximate surface area is 152 Å². The summed E-state index contributed by atoms with van der Waals surface area (Å²) in [5, 5.41) is 2.88. The van der Waals surface area contributed by atoms with Crippen LogP contribution in [0.2, 0.25) is 0 Å². The van der Waals surface area contributed by atoms with Crippen LogP contribution in [0.1, 0.15) is 28.8 Å². The fourth-order valence-electron chi connectivity index (χ4n) is 3.15. The summed E-state index contributed by atoms with van der Waals surface area (Å²) in [4.78, 5) is 26.5. The molecule has 6 nitrogen and oxygen atoms in total. The Kier molecular flexibility index (Phi) is 5.11. The van der Waals surface area contributed by atoms with Gasteiger partial charge in [0.2, 0.25) is 5.91 Å². The second kappa shape index (κ2) is 7.47. The number of benzene rings is 2. The molecule has 1 saturated heterocycles. The minimum atomic E-state index is -0.302. The number of amides is 2. The number of ether oxygens (including phenoxy) is 2. The van der Waals surface area contributed by atoms with E-state index in [1.807, 2.05) is 25.1 Å². The Morgan fingerprint density at radius 2 is 1.96 bits per heavy atom. The Bertz CT molecular complexity index is 848. The molecule has 2 aromatic rings. The average molecular weight is 354 g/mol. The zero-order valence-electron chi connectivity index (χ0n) is 15.2. The van der Waals surface area contributed by atoms with Gasteiger partial charge in [0.25, 0.3) is 5.91 Å². The fourth-order valence-corrected chi connectivity index (χ4v) is 3.15. The molecule has 0 bridgehead atoms. The summed E-state index contributed by atoms with van der Waals surface area (Å²) in [6, 6.07) is 10.7. The van der Waals surface area contributed by atoms with Gasteiger partial charge in [0.05, 0.1) is 19.8 Å². The van der Waals surface area contributed by atoms with Gasteiger partial charge in [0.15, 0.2) is 11.5 Å². The second-order valence-electron chi connectivity index (χ2n) is 6.15. The van der Waals surface area contributed by atoms with Crippen molar-refractivity contribution < 1.29 is 19.1 Å². The van der Waals surface area contributed by atoms with Crippen LogP contribution >= 0.6 is 0 Å². The number of hydrogen-bond acceptors (Lipinski definition) is 4. The molecule has 26 heavy (non-hydrogen) atoms. The van der Waals surface area contributed by atoms with Crippen LogP contribution in [0.3, 0.4) is 0 Å². The van der Waals surface area contributed by atoms with Crippen molar-refractivity contribution in [2.75, 3.05) is 31.0 Å². The van der Waals surface area contributed by atoms with E-state index in [-0.39, 0.29) is 11.8 Å². The zero-order chi connectivity index (χ0) is 18.7. The van der Waals surface area contributed by atoms with Crippen LogP contribution < -0.4 is 19.7 Å². The lowest BCUT2D eigenvalue weighted by Gasteiger charge is -2.20. The predicted octanol–water partition coefficient (Wildman–Crippen LogP) is 3.39. The molecule has 0 atom stereocenters. The van der Waals surface area contributed by atoms with E-state index in [9.17, 15) is 9.59 Å². The zero-order valence-corrected chi connectivity index (χ0v) is 15.2. The van der Waals surface area contributed by atoms with Crippen molar-refractivity contribution in [2.24, 2.45) is 0 Å². The van der Waals surface area contributed by atoms with Crippen LogP contribution in [0.15, 0.2) is 36.4 Å². The van der Waals surface area contributed by atoms with Crippen molar-refractivity contribution in [3.8, 4) is 11.5 Å². The van der Waals surface area contributed by atoms with E-state index in [4.69, 9.17) is 9.47 Å². The van der Waals surface area contributed by atoms with Crippen molar-refractivity contribution in [1.82, 2.24) is 0 Å². The Morgan fingerprint density at radius 3 is 2.62 bits per heavy atom. The Hall–Kier alpha value is -3.02. The number of anilines is 2. The lowest BCUT2D eigenvalue weighted by Crippen LogP contribution is -2.24. The van der Waals surface area contributed by atoms with Crippen molar-refractivity contribution >= 4 is 23.2 Å². The Morgan fingerprint density at radius 1 is 1.15 bits per heavy atom. The largest absolute Gasteiger partial charge is 0.493 e. The van der Waals surface area contributed by atoms with Crippen LogP contribution in [0, 0.1) is 6.92 Å². The molecule has 0 radical (unpaired) electrons. The number of para-hydroxylation sites is 1. The van der Waals surface area contributed by atoms with Gasteiger partial charge in [0, 0.05) is 24.3 Å². The third-order valence-corrected chi connectivity index (χ3v) is 4.48. The van der Waals surface area contributed by atoms with E-state index < -0.39 is 0 Å². The molecule has 1 aliphatic heterocycles. The number of nitrogens with one attached hydrogen (secondary N) is 1. The van der Waals surface area contributed by atoms with Crippen LogP contribution in [0.25, 0.3) is 0 Å². The highest BCUT2D eigenvalue weighted by Crippen LogP contribution is 2.32. The molecule has 0 aromatic heterocycles. The third-order valence-electron chi connectivity index (χ3n) is 4.48. The van der Waals surface area contributed by atoms with Gasteiger partial charge >= 0.3 is 0 Å². The summed E-state index contributed by atoms with van der Waals surface area (Å²) in [7, 11) is 3.02. The minimum Gasteiger partial charge on any atom is -0.493 e. The van der Waals surface area contributed by atoms with Crippen LogP contribution in [-0.2, 0) is 4.79 Å². The van der Waals surface area contributed by atoms with E-state index in [1.54, 1.807) is 23.1 Å². The summed E-state index contributed by atoms with van der Waals surface area (Å²) in [6.07, 6.45) is 1.42. The number of hydrogen-bond donors (Lipinski definition) is 1. The van der Waals surface area contributed by atoms with Crippen molar-refractivity contribution in [3.05, 3.63) is 47.5 Å². The molecule has 1 N–H and O–H groups in total. The van der Waals surface area contributed by atoms with E-state index in [2.05, 4.69) is 5.32 Å². The third kappa shape index (κ3) is 3.35.